The number of nitrogens with two attached hydrogens (primary N) is 1. The van der Waals surface area contributed by atoms with Crippen molar-refractivity contribution in [1.82, 2.24) is 14.8 Å². The summed E-state index contributed by atoms with van der Waals surface area (Å²) >= 11 is 5.07. The highest BCUT2D eigenvalue weighted by Crippen LogP contribution is 2.23. The van der Waals surface area contributed by atoms with Crippen molar-refractivity contribution in [2.45, 2.75) is 0 Å². The Bertz CT molecular complexity index is 531. The molecule has 0 bridgehead atoms. The van der Waals surface area contributed by atoms with Crippen LogP contribution in [0.4, 0.5) is 5.95 Å². The van der Waals surface area contributed by atoms with Gasteiger partial charge in [0.1, 0.15) is 5.75 Å². The van der Waals surface area contributed by atoms with Gasteiger partial charge in [-0.05, 0) is 24.4 Å². The van der Waals surface area contributed by atoms with Crippen molar-refractivity contribution in [3.8, 4) is 11.4 Å². The van der Waals surface area contributed by atoms with Gasteiger partial charge in [0.15, 0.2) is 0 Å². The Morgan fingerprint density at radius 2 is 2.20 bits per heavy atom. The molecule has 5 nitrogen and oxygen atoms in total. The second-order valence-corrected chi connectivity index (χ2v) is 3.28. The summed E-state index contributed by atoms with van der Waals surface area (Å²) in [4.78, 5) is 0. The van der Waals surface area contributed by atoms with Crippen LogP contribution >= 0.6 is 12.2 Å². The third-order valence-electron chi connectivity index (χ3n) is 2.02. The average molecular weight is 222 g/mol. The van der Waals surface area contributed by atoms with Crippen molar-refractivity contribution in [2.75, 3.05) is 12.8 Å². The van der Waals surface area contributed by atoms with E-state index in [1.54, 1.807) is 11.7 Å². The second-order valence-electron chi connectivity index (χ2n) is 2.89. The summed E-state index contributed by atoms with van der Waals surface area (Å²) in [6.45, 7) is 0. The third-order valence-corrected chi connectivity index (χ3v) is 2.30. The van der Waals surface area contributed by atoms with Crippen molar-refractivity contribution in [3.63, 3.8) is 0 Å². The molecule has 0 aliphatic rings. The van der Waals surface area contributed by atoms with Crippen LogP contribution in [-0.4, -0.2) is 21.9 Å². The largest absolute Gasteiger partial charge is 0.495 e. The number of hydrogen-bond donors (Lipinski definition) is 2. The number of H-pyrrole nitrogens is 1. The first kappa shape index (κ1) is 9.72. The topological polar surface area (TPSA) is 68.9 Å². The molecule has 1 heterocycles. The van der Waals surface area contributed by atoms with Crippen LogP contribution in [-0.2, 0) is 0 Å². The van der Waals surface area contributed by atoms with Crippen LogP contribution in [0.1, 0.15) is 0 Å². The minimum absolute atomic E-state index is 0.310. The zero-order valence-corrected chi connectivity index (χ0v) is 8.91. The van der Waals surface area contributed by atoms with Gasteiger partial charge in [-0.3, -0.25) is 4.57 Å². The van der Waals surface area contributed by atoms with Crippen molar-refractivity contribution < 1.29 is 4.74 Å². The van der Waals surface area contributed by atoms with Crippen LogP contribution in [0.5, 0.6) is 5.75 Å². The second kappa shape index (κ2) is 3.74. The first-order valence-corrected chi connectivity index (χ1v) is 4.71. The smallest absolute Gasteiger partial charge is 0.225 e. The van der Waals surface area contributed by atoms with Gasteiger partial charge in [0, 0.05) is 0 Å². The molecule has 6 heteroatoms. The van der Waals surface area contributed by atoms with Gasteiger partial charge in [0.25, 0.3) is 0 Å². The van der Waals surface area contributed by atoms with E-state index in [0.29, 0.717) is 16.5 Å². The molecule has 0 aliphatic heterocycles. The Hall–Kier alpha value is -1.82. The summed E-state index contributed by atoms with van der Waals surface area (Å²) in [7, 11) is 1.60. The number of para-hydroxylation sites is 2. The van der Waals surface area contributed by atoms with Gasteiger partial charge in [-0.2, -0.15) is 0 Å². The van der Waals surface area contributed by atoms with E-state index in [0.717, 1.165) is 5.69 Å². The van der Waals surface area contributed by atoms with Gasteiger partial charge < -0.3 is 10.5 Å². The van der Waals surface area contributed by atoms with Gasteiger partial charge in [-0.15, -0.1) is 5.10 Å². The summed E-state index contributed by atoms with van der Waals surface area (Å²) < 4.78 is 7.28. The first-order valence-electron chi connectivity index (χ1n) is 4.30. The fourth-order valence-corrected chi connectivity index (χ4v) is 1.59. The van der Waals surface area contributed by atoms with E-state index < -0.39 is 0 Å². The molecule has 1 aromatic heterocycles. The first-order chi connectivity index (χ1) is 7.24. The zero-order valence-electron chi connectivity index (χ0n) is 8.10. The minimum atomic E-state index is 0.310. The molecule has 0 unspecified atom stereocenters. The molecule has 1 aromatic carbocycles. The van der Waals surface area contributed by atoms with Crippen molar-refractivity contribution in [2.24, 2.45) is 0 Å². The molecule has 0 spiro atoms. The fourth-order valence-electron chi connectivity index (χ4n) is 1.36. The molecule has 0 radical (unpaired) electrons. The maximum absolute atomic E-state index is 5.70. The number of aromatic amines is 1. The van der Waals surface area contributed by atoms with Crippen molar-refractivity contribution >= 4 is 18.2 Å². The Balaban J connectivity index is 2.69. The lowest BCUT2D eigenvalue weighted by molar-refractivity contribution is 0.413. The van der Waals surface area contributed by atoms with Gasteiger partial charge in [-0.1, -0.05) is 12.1 Å². The molecule has 0 amide bonds. The van der Waals surface area contributed by atoms with E-state index in [9.17, 15) is 0 Å². The highest BCUT2D eigenvalue weighted by atomic mass is 32.1. The molecule has 2 aromatic rings. The van der Waals surface area contributed by atoms with E-state index in [-0.39, 0.29) is 0 Å². The number of nitrogen functional groups attached to an aromatic ring is 1. The van der Waals surface area contributed by atoms with Crippen molar-refractivity contribution in [3.05, 3.63) is 29.0 Å². The number of hydrogen-bond acceptors (Lipinski definition) is 4. The van der Waals surface area contributed by atoms with Crippen LogP contribution in [0.25, 0.3) is 5.69 Å². The predicted octanol–water partition coefficient (Wildman–Crippen LogP) is 1.52. The van der Waals surface area contributed by atoms with Gasteiger partial charge in [0.2, 0.25) is 10.7 Å². The maximum atomic E-state index is 5.70. The summed E-state index contributed by atoms with van der Waals surface area (Å²) in [6.07, 6.45) is 0. The molecule has 0 aliphatic carbocycles. The maximum Gasteiger partial charge on any atom is 0.225 e. The number of benzene rings is 1. The quantitative estimate of drug-likeness (QED) is 0.756. The van der Waals surface area contributed by atoms with Crippen LogP contribution < -0.4 is 10.5 Å². The molecule has 0 saturated carbocycles. The lowest BCUT2D eigenvalue weighted by atomic mass is 10.3. The fraction of sp³-hybridized carbons (Fsp3) is 0.111. The summed E-state index contributed by atoms with van der Waals surface area (Å²) in [5, 5.41) is 6.46. The number of nitrogens with zero attached hydrogens (tertiary/aromatic N) is 2. The molecular weight excluding hydrogens is 212 g/mol. The van der Waals surface area contributed by atoms with E-state index in [1.165, 1.54) is 0 Å². The average Bonchev–Trinajstić information content (AvgIpc) is 2.59. The van der Waals surface area contributed by atoms with E-state index in [1.807, 2.05) is 24.3 Å². The number of anilines is 1. The molecule has 0 fully saturated rings. The number of nitrogens with one attached hydrogen (secondary N) is 1. The number of aromatic nitrogens is 3. The Kier molecular flexibility index (Phi) is 2.42. The monoisotopic (exact) mass is 222 g/mol. The van der Waals surface area contributed by atoms with Crippen LogP contribution in [0.15, 0.2) is 24.3 Å². The SMILES string of the molecule is COc1ccccc1-n1c(N)n[nH]c1=S. The highest BCUT2D eigenvalue weighted by molar-refractivity contribution is 7.71. The van der Waals surface area contributed by atoms with Gasteiger partial charge >= 0.3 is 0 Å². The Morgan fingerprint density at radius 3 is 2.80 bits per heavy atom. The molecule has 3 N–H and O–H groups in total. The minimum Gasteiger partial charge on any atom is -0.495 e. The molecule has 78 valence electrons. The summed E-state index contributed by atoms with van der Waals surface area (Å²) in [6, 6.07) is 7.46. The normalized spacial score (nSPS) is 10.2. The molecule has 0 atom stereocenters. The summed E-state index contributed by atoms with van der Waals surface area (Å²) in [5.41, 5.74) is 6.47. The highest BCUT2D eigenvalue weighted by Gasteiger charge is 2.08. The standard InChI is InChI=1S/C9H10N4OS/c1-14-7-5-3-2-4-6(7)13-8(10)11-12-9(13)15/h2-5H,1H3,(H2,10,11)(H,12,15). The number of ether oxygens (including phenoxy) is 1. The number of methoxy groups -OCH3 is 1. The molecular formula is C9H10N4OS. The van der Waals surface area contributed by atoms with Gasteiger partial charge in [0.05, 0.1) is 12.8 Å². The third kappa shape index (κ3) is 1.59. The van der Waals surface area contributed by atoms with E-state index in [4.69, 9.17) is 22.7 Å². The zero-order chi connectivity index (χ0) is 10.8. The molecule has 2 rings (SSSR count). The molecule has 15 heavy (non-hydrogen) atoms. The van der Waals surface area contributed by atoms with Crippen LogP contribution in [0, 0.1) is 4.77 Å². The molecule has 0 saturated heterocycles. The summed E-state index contributed by atoms with van der Waals surface area (Å²) in [5.74, 6) is 1.01. The lowest BCUT2D eigenvalue weighted by Crippen LogP contribution is -2.02. The van der Waals surface area contributed by atoms with Crippen molar-refractivity contribution in [1.29, 1.82) is 0 Å². The van der Waals surface area contributed by atoms with Crippen LogP contribution in [0.3, 0.4) is 0 Å². The lowest BCUT2D eigenvalue weighted by Gasteiger charge is -2.08. The Labute approximate surface area is 91.5 Å². The Morgan fingerprint density at radius 1 is 1.47 bits per heavy atom. The van der Waals surface area contributed by atoms with Gasteiger partial charge in [-0.25, -0.2) is 5.10 Å². The van der Waals surface area contributed by atoms with E-state index in [2.05, 4.69) is 10.2 Å². The predicted molar refractivity (Wildman–Crippen MR) is 59.7 cm³/mol. The van der Waals surface area contributed by atoms with Crippen LogP contribution in [0.2, 0.25) is 0 Å². The number of rotatable bonds is 2. The van der Waals surface area contributed by atoms with E-state index >= 15 is 0 Å².